The van der Waals surface area contributed by atoms with Gasteiger partial charge in [0.1, 0.15) is 22.6 Å². The lowest BCUT2D eigenvalue weighted by molar-refractivity contribution is -0.179. The number of allylic oxidation sites excluding steroid dienone is 12. The molecule has 4 aromatic rings. The number of thioether (sulfide) groups is 3. The summed E-state index contributed by atoms with van der Waals surface area (Å²) in [6.45, 7) is 20.8. The number of benzene rings is 1. The molecule has 0 spiro atoms. The number of aliphatic hydroxyl groups is 6. The maximum Gasteiger partial charge on any atom is 0.178 e. The van der Waals surface area contributed by atoms with Crippen LogP contribution in [0.3, 0.4) is 0 Å². The Morgan fingerprint density at radius 2 is 1.08 bits per heavy atom. The number of hydrogen-bond donors (Lipinski definition) is 7. The summed E-state index contributed by atoms with van der Waals surface area (Å²) in [4.78, 5) is 93.2. The van der Waals surface area contributed by atoms with E-state index in [2.05, 4.69) is 56.5 Å². The predicted octanol–water partition coefficient (Wildman–Crippen LogP) is 13.4. The minimum absolute atomic E-state index is 0.00268. The molecule has 12 aliphatic rings. The number of nitrogens with zero attached hydrogens (tertiary/aromatic N) is 3. The van der Waals surface area contributed by atoms with Crippen LogP contribution in [0.15, 0.2) is 121 Å². The molecule has 9 saturated carbocycles. The number of methoxy groups -OCH3 is 1. The molecule has 3 aromatic heterocycles. The van der Waals surface area contributed by atoms with Crippen LogP contribution in [0.5, 0.6) is 5.75 Å². The van der Waals surface area contributed by atoms with Crippen molar-refractivity contribution < 1.29 is 64.1 Å². The molecule has 0 saturated heterocycles. The van der Waals surface area contributed by atoms with Crippen LogP contribution in [0.25, 0.3) is 10.2 Å². The zero-order valence-electron chi connectivity index (χ0n) is 61.6. The van der Waals surface area contributed by atoms with Gasteiger partial charge in [-0.05, 0) is 180 Å². The normalized spacial score (nSPS) is 41.3. The average molecular weight is 1510 g/mol. The molecule has 0 radical (unpaired) electrons. The largest absolute Gasteiger partial charge is 0.497 e. The second-order valence-corrected chi connectivity index (χ2v) is 40.2. The third-order valence-corrected chi connectivity index (χ3v) is 34.1. The van der Waals surface area contributed by atoms with Crippen LogP contribution in [0.2, 0.25) is 0 Å². The first-order valence-corrected chi connectivity index (χ1v) is 42.1. The van der Waals surface area contributed by atoms with Crippen LogP contribution in [0.4, 0.5) is 0 Å². The third kappa shape index (κ3) is 12.1. The van der Waals surface area contributed by atoms with Gasteiger partial charge in [0, 0.05) is 79.5 Å². The van der Waals surface area contributed by atoms with Crippen LogP contribution in [0, 0.1) is 91.7 Å². The number of carbonyl (C=O) groups is 6. The van der Waals surface area contributed by atoms with E-state index in [-0.39, 0.29) is 133 Å². The monoisotopic (exact) mass is 1510 g/mol. The smallest absolute Gasteiger partial charge is 0.178 e. The Balaban J connectivity index is 0.000000132. The van der Waals surface area contributed by atoms with Gasteiger partial charge in [0.05, 0.1) is 58.6 Å². The predicted molar refractivity (Wildman–Crippen MR) is 406 cm³/mol. The number of aliphatic hydroxyl groups excluding tert-OH is 3. The number of rotatable bonds is 13. The minimum Gasteiger partial charge on any atom is -0.497 e. The number of ketones is 6. The van der Waals surface area contributed by atoms with Crippen LogP contribution in [0.1, 0.15) is 165 Å². The number of nitrogens with one attached hydrogen (secondary N) is 1. The Labute approximate surface area is 631 Å². The maximum absolute atomic E-state index is 13.9. The van der Waals surface area contributed by atoms with Crippen LogP contribution < -0.4 is 4.74 Å². The summed E-state index contributed by atoms with van der Waals surface area (Å²) in [7, 11) is 1.62. The zero-order valence-corrected chi connectivity index (χ0v) is 65.7. The van der Waals surface area contributed by atoms with Crippen molar-refractivity contribution in [1.82, 2.24) is 19.9 Å². The van der Waals surface area contributed by atoms with E-state index in [1.807, 2.05) is 69.5 Å². The molecule has 16 rings (SSSR count). The fourth-order valence-electron chi connectivity index (χ4n) is 23.6. The van der Waals surface area contributed by atoms with Gasteiger partial charge in [-0.3, -0.25) is 28.8 Å². The van der Waals surface area contributed by atoms with E-state index < -0.39 is 51.4 Å². The molecule has 7 N–H and O–H groups in total. The highest BCUT2D eigenvalue weighted by molar-refractivity contribution is 8.02. The molecule has 3 heterocycles. The number of thiazole rings is 2. The molecule has 15 unspecified atom stereocenters. The Kier molecular flexibility index (Phi) is 19.9. The molecule has 22 atom stereocenters. The first-order chi connectivity index (χ1) is 49.0. The van der Waals surface area contributed by atoms with Crippen molar-refractivity contribution in [3.63, 3.8) is 0 Å². The van der Waals surface area contributed by atoms with Crippen molar-refractivity contribution >= 4 is 103 Å². The van der Waals surface area contributed by atoms with Gasteiger partial charge in [0.25, 0.3) is 0 Å². The standard InChI is InChI=1S/C30H35NO5S2.C28H37NO4S2.C24H30N2O4S/c1-16-11-21-20-7-5-17-12-18(32)9-10-28(17,2)26(20)23(33)14-29(21,3)30(16,35)25(34)15-37-27-31-22-13-19(36-4)6-8-24(22)38-27;1-25(2,3)21-14-34-24(29-21)35-15-22(32)28(33)11-9-19-18-7-6-16-12-17(30)8-10-26(16,4)23(18)20(31)13-27(19,28)5;1-22-7-5-15(27)11-14(22)3-4-16-17-6-8-24(30,23(17,2)12-18(28)20(16)22)19(29)13-31-21-25-9-10-26-21/h6,8-10,12-13,16,20-21,23,26,33,35H,5,7,11,14-15H2,1-4H3;8,10,12,14,18-20,23,31,33H,6-7,9,11,13,15H2,1-5H3;5,7,9-11,16-18,20,28,30H,3-4,6,8,12-13H2,1-2H3,(H,25,26)/t16-,20?,21?,23+,26?,28?,29?,30+;18?,19?,20-,23?,26?,27?,28-;16?,17?,18-,20?,22?,23?,24-/m100/s1. The van der Waals surface area contributed by atoms with E-state index in [1.165, 1.54) is 46.6 Å². The van der Waals surface area contributed by atoms with E-state index in [0.29, 0.717) is 37.3 Å². The zero-order chi connectivity index (χ0) is 74.4. The van der Waals surface area contributed by atoms with Crippen LogP contribution in [-0.4, -0.2) is 145 Å². The number of carbonyl (C=O) groups excluding carboxylic acids is 6. The molecule has 0 amide bonds. The van der Waals surface area contributed by atoms with Crippen molar-refractivity contribution in [3.8, 4) is 5.75 Å². The molecule has 558 valence electrons. The SMILES string of the molecule is CC(C)(C)c1csc(SCC(=O)[C@@]2(O)CCC3C4CCC5=CC(=O)C=CC5(C)C4[C@@H](O)CC32C)n1.CC12C=CC(=O)C=C1CCC1C2[C@@H](O)CC2(C)C1CC[C@]2(O)C(=O)CSc1ncc[nH]1.COc1ccc2sc(SCC(=O)[C@@]3(O)[C@H](C)CC4C5CCC6=CC(=O)C=CC6(C)C5[C@@H](O)CC43C)nc2c1. The number of H-pyrrole nitrogens is 1. The van der Waals surface area contributed by atoms with Crippen molar-refractivity contribution in [1.29, 1.82) is 0 Å². The number of fused-ring (bicyclic) bond motifs is 16. The number of hydrogen-bond acceptors (Lipinski definition) is 21. The number of Topliss-reactive ketones (excluding diaryl/α,β-unsaturated/α-hetero) is 3. The first kappa shape index (κ1) is 75.8. The molecule has 22 heteroatoms. The first-order valence-electron chi connectivity index (χ1n) is 37.4. The summed E-state index contributed by atoms with van der Waals surface area (Å²) in [5, 5.41) is 73.1. The van der Waals surface area contributed by atoms with E-state index in [1.54, 1.807) is 67.3 Å². The number of ether oxygens (including phenoxy) is 1. The molecule has 0 aliphatic heterocycles. The van der Waals surface area contributed by atoms with Gasteiger partial charge in [0.2, 0.25) is 0 Å². The minimum atomic E-state index is -1.51. The Hall–Kier alpha value is -4.98. The van der Waals surface area contributed by atoms with Gasteiger partial charge < -0.3 is 40.4 Å². The van der Waals surface area contributed by atoms with E-state index in [9.17, 15) is 59.4 Å². The fraction of sp³-hybridized carbons (Fsp3) is 0.622. The number of imidazole rings is 1. The summed E-state index contributed by atoms with van der Waals surface area (Å²) >= 11 is 7.18. The van der Waals surface area contributed by atoms with Crippen molar-refractivity contribution in [2.24, 2.45) is 91.7 Å². The topological polar surface area (TPSA) is 287 Å². The number of aromatic nitrogens is 4. The van der Waals surface area contributed by atoms with Crippen LogP contribution in [-0.2, 0) is 34.2 Å². The van der Waals surface area contributed by atoms with E-state index >= 15 is 0 Å². The summed E-state index contributed by atoms with van der Waals surface area (Å²) < 4.78 is 7.97. The lowest BCUT2D eigenvalue weighted by Gasteiger charge is -2.59. The van der Waals surface area contributed by atoms with Crippen LogP contribution >= 0.6 is 58.0 Å². The molecular formula is C82H102N4O13S5. The van der Waals surface area contributed by atoms with Gasteiger partial charge in [-0.2, -0.15) is 0 Å². The average Bonchev–Trinajstić information content (AvgIpc) is 1.48. The fourth-order valence-corrected chi connectivity index (χ4v) is 28.4. The molecule has 12 aliphatic carbocycles. The Bertz CT molecular complexity index is 4320. The molecule has 9 fully saturated rings. The van der Waals surface area contributed by atoms with Gasteiger partial charge in [-0.15, -0.1) is 22.7 Å². The van der Waals surface area contributed by atoms with Gasteiger partial charge >= 0.3 is 0 Å². The molecule has 0 bridgehead atoms. The van der Waals surface area contributed by atoms with Crippen molar-refractivity contribution in [2.75, 3.05) is 24.4 Å². The molecule has 1 aromatic carbocycles. The Morgan fingerprint density at radius 3 is 1.54 bits per heavy atom. The van der Waals surface area contributed by atoms with E-state index in [4.69, 9.17) is 9.72 Å². The third-order valence-electron chi connectivity index (χ3n) is 29.0. The van der Waals surface area contributed by atoms with Gasteiger partial charge in [-0.1, -0.05) is 139 Å². The lowest BCUT2D eigenvalue weighted by Crippen LogP contribution is -2.62. The second kappa shape index (κ2) is 27.2. The maximum atomic E-state index is 13.9. The summed E-state index contributed by atoms with van der Waals surface area (Å²) in [5.41, 5.74) is -2.28. The van der Waals surface area contributed by atoms with Gasteiger partial charge in [0.15, 0.2) is 48.5 Å². The Morgan fingerprint density at radius 1 is 0.615 bits per heavy atom. The highest BCUT2D eigenvalue weighted by atomic mass is 32.2. The lowest BCUT2D eigenvalue weighted by atomic mass is 9.46. The van der Waals surface area contributed by atoms with Crippen molar-refractivity contribution in [2.45, 2.75) is 213 Å². The molecule has 104 heavy (non-hydrogen) atoms. The highest BCUT2D eigenvalue weighted by Gasteiger charge is 2.72. The highest BCUT2D eigenvalue weighted by Crippen LogP contribution is 2.71. The summed E-state index contributed by atoms with van der Waals surface area (Å²) in [6, 6.07) is 5.76. The summed E-state index contributed by atoms with van der Waals surface area (Å²) in [5.74, 6) is 1.68. The molecule has 17 nitrogen and oxygen atoms in total. The second-order valence-electron chi connectivity index (χ2n) is 34.9. The number of aromatic amines is 1. The van der Waals surface area contributed by atoms with E-state index in [0.717, 1.165) is 105 Å². The molecular weight excluding hydrogens is 1410 g/mol. The summed E-state index contributed by atoms with van der Waals surface area (Å²) in [6.07, 6.45) is 27.1. The van der Waals surface area contributed by atoms with Crippen molar-refractivity contribution in [3.05, 3.63) is 113 Å². The van der Waals surface area contributed by atoms with Gasteiger partial charge in [-0.25, -0.2) is 15.0 Å². The quantitative estimate of drug-likeness (QED) is 0.0612.